The number of nitriles is 2. The van der Waals surface area contributed by atoms with Gasteiger partial charge in [0, 0.05) is 5.56 Å². The number of halogens is 2. The minimum Gasteiger partial charge on any atom is -0.490 e. The topological polar surface area (TPSA) is 95.1 Å². The first kappa shape index (κ1) is 24.7. The summed E-state index contributed by atoms with van der Waals surface area (Å²) in [5, 5.41) is 21.2. The maximum atomic E-state index is 13.9. The number of hydrogen-bond acceptors (Lipinski definition) is 5. The fourth-order valence-corrected chi connectivity index (χ4v) is 3.83. The molecule has 0 spiro atoms. The molecule has 1 N–H and O–H groups in total. The first-order valence-electron chi connectivity index (χ1n) is 10.2. The van der Waals surface area contributed by atoms with Crippen LogP contribution in [0.2, 0.25) is 0 Å². The van der Waals surface area contributed by atoms with Gasteiger partial charge in [-0.3, -0.25) is 4.79 Å². The van der Waals surface area contributed by atoms with Gasteiger partial charge in [-0.25, -0.2) is 4.39 Å². The first-order chi connectivity index (χ1) is 16.5. The zero-order valence-electron chi connectivity index (χ0n) is 18.1. The van der Waals surface area contributed by atoms with E-state index in [1.54, 1.807) is 30.3 Å². The number of hydrogen-bond donors (Lipinski definition) is 1. The van der Waals surface area contributed by atoms with Crippen molar-refractivity contribution in [2.24, 2.45) is 0 Å². The minimum absolute atomic E-state index is 0.0142. The van der Waals surface area contributed by atoms with Gasteiger partial charge in [0.15, 0.2) is 11.5 Å². The summed E-state index contributed by atoms with van der Waals surface area (Å²) in [5.41, 5.74) is 1.59. The average Bonchev–Trinajstić information content (AvgIpc) is 2.83. The maximum absolute atomic E-state index is 13.9. The Morgan fingerprint density at radius 2 is 1.85 bits per heavy atom. The van der Waals surface area contributed by atoms with Crippen LogP contribution in [-0.2, 0) is 11.4 Å². The third kappa shape index (κ3) is 6.12. The van der Waals surface area contributed by atoms with Crippen LogP contribution in [0.5, 0.6) is 11.5 Å². The van der Waals surface area contributed by atoms with Crippen molar-refractivity contribution in [2.75, 3.05) is 11.9 Å². The fraction of sp³-hybridized carbons (Fsp3) is 0.115. The number of anilines is 1. The summed E-state index contributed by atoms with van der Waals surface area (Å²) in [6, 6.07) is 20.3. The molecule has 3 aromatic carbocycles. The molecule has 0 unspecified atom stereocenters. The standard InChI is InChI=1S/C26H19FIN3O3/c1-2-33-24-13-17(11-20(15-30)26(32)31-23-10-6-5-9-21(23)27)12-22(28)25(24)34-16-19-8-4-3-7-18(19)14-29/h3-13H,2,16H2,1H3,(H,31,32)/b20-11-. The SMILES string of the molecule is CCOc1cc(/C=C(/C#N)C(=O)Nc2ccccc2F)cc(I)c1OCc1ccccc1C#N. The van der Waals surface area contributed by atoms with Gasteiger partial charge in [0.1, 0.15) is 24.1 Å². The normalized spacial score (nSPS) is 10.7. The molecule has 0 aliphatic carbocycles. The van der Waals surface area contributed by atoms with Gasteiger partial charge in [0.25, 0.3) is 5.91 Å². The lowest BCUT2D eigenvalue weighted by Crippen LogP contribution is -2.14. The van der Waals surface area contributed by atoms with Crippen LogP contribution in [0.25, 0.3) is 6.08 Å². The monoisotopic (exact) mass is 567 g/mol. The Morgan fingerprint density at radius 3 is 2.56 bits per heavy atom. The second-order valence-electron chi connectivity index (χ2n) is 6.92. The second-order valence-corrected chi connectivity index (χ2v) is 8.09. The maximum Gasteiger partial charge on any atom is 0.266 e. The molecule has 3 rings (SSSR count). The van der Waals surface area contributed by atoms with Gasteiger partial charge >= 0.3 is 0 Å². The van der Waals surface area contributed by atoms with Crippen LogP contribution in [0.4, 0.5) is 10.1 Å². The lowest BCUT2D eigenvalue weighted by molar-refractivity contribution is -0.112. The molecule has 0 fully saturated rings. The van der Waals surface area contributed by atoms with Crippen molar-refractivity contribution >= 4 is 40.3 Å². The van der Waals surface area contributed by atoms with E-state index < -0.39 is 11.7 Å². The molecule has 0 bridgehead atoms. The molecule has 6 nitrogen and oxygen atoms in total. The molecule has 0 saturated carbocycles. The van der Waals surface area contributed by atoms with Gasteiger partial charge in [-0.05, 0) is 71.5 Å². The lowest BCUT2D eigenvalue weighted by atomic mass is 10.1. The van der Waals surface area contributed by atoms with Crippen LogP contribution >= 0.6 is 22.6 Å². The van der Waals surface area contributed by atoms with E-state index in [2.05, 4.69) is 34.0 Å². The molecule has 1 amide bonds. The number of rotatable bonds is 8. The summed E-state index contributed by atoms with van der Waals surface area (Å²) < 4.78 is 26.3. The number of benzene rings is 3. The molecule has 34 heavy (non-hydrogen) atoms. The summed E-state index contributed by atoms with van der Waals surface area (Å²) in [7, 11) is 0. The minimum atomic E-state index is -0.728. The zero-order chi connectivity index (χ0) is 24.5. The highest BCUT2D eigenvalue weighted by molar-refractivity contribution is 14.1. The van der Waals surface area contributed by atoms with E-state index in [9.17, 15) is 19.7 Å². The average molecular weight is 567 g/mol. The van der Waals surface area contributed by atoms with Gasteiger partial charge in [-0.15, -0.1) is 0 Å². The second kappa shape index (κ2) is 11.8. The molecule has 0 aliphatic rings. The number of nitrogens with zero attached hydrogens (tertiary/aromatic N) is 2. The number of carbonyl (C=O) groups is 1. The highest BCUT2D eigenvalue weighted by atomic mass is 127. The van der Waals surface area contributed by atoms with Crippen LogP contribution in [0.3, 0.4) is 0 Å². The molecule has 0 heterocycles. The van der Waals surface area contributed by atoms with Crippen LogP contribution in [0, 0.1) is 32.0 Å². The summed E-state index contributed by atoms with van der Waals surface area (Å²) in [6.07, 6.45) is 1.40. The summed E-state index contributed by atoms with van der Waals surface area (Å²) in [5.74, 6) is -0.404. The van der Waals surface area contributed by atoms with Crippen molar-refractivity contribution in [3.63, 3.8) is 0 Å². The van der Waals surface area contributed by atoms with Gasteiger partial charge < -0.3 is 14.8 Å². The van der Waals surface area contributed by atoms with Gasteiger partial charge in [0.05, 0.1) is 27.5 Å². The highest BCUT2D eigenvalue weighted by Gasteiger charge is 2.16. The van der Waals surface area contributed by atoms with E-state index in [0.717, 1.165) is 5.56 Å². The Bertz CT molecular complexity index is 1330. The van der Waals surface area contributed by atoms with E-state index in [4.69, 9.17) is 9.47 Å². The van der Waals surface area contributed by atoms with Crippen molar-refractivity contribution in [3.8, 4) is 23.6 Å². The predicted octanol–water partition coefficient (Wildman–Crippen LogP) is 5.83. The van der Waals surface area contributed by atoms with Crippen molar-refractivity contribution in [3.05, 3.63) is 92.3 Å². The zero-order valence-corrected chi connectivity index (χ0v) is 20.3. The van der Waals surface area contributed by atoms with Crippen molar-refractivity contribution in [2.45, 2.75) is 13.5 Å². The number of ether oxygens (including phenoxy) is 2. The summed E-state index contributed by atoms with van der Waals surface area (Å²) >= 11 is 2.08. The quantitative estimate of drug-likeness (QED) is 0.210. The number of para-hydroxylation sites is 1. The van der Waals surface area contributed by atoms with E-state index in [-0.39, 0.29) is 17.9 Å². The van der Waals surface area contributed by atoms with E-state index >= 15 is 0 Å². The molecular weight excluding hydrogens is 548 g/mol. The molecule has 3 aromatic rings. The Kier molecular flexibility index (Phi) is 8.60. The fourth-order valence-electron chi connectivity index (χ4n) is 3.05. The Labute approximate surface area is 210 Å². The van der Waals surface area contributed by atoms with Crippen molar-refractivity contribution in [1.29, 1.82) is 10.5 Å². The van der Waals surface area contributed by atoms with Crippen LogP contribution in [0.1, 0.15) is 23.6 Å². The van der Waals surface area contributed by atoms with Crippen LogP contribution in [-0.4, -0.2) is 12.5 Å². The van der Waals surface area contributed by atoms with Gasteiger partial charge in [0.2, 0.25) is 0 Å². The Morgan fingerprint density at radius 1 is 1.12 bits per heavy atom. The molecule has 0 atom stereocenters. The number of amides is 1. The van der Waals surface area contributed by atoms with Crippen molar-refractivity contribution in [1.82, 2.24) is 0 Å². The molecule has 0 aromatic heterocycles. The van der Waals surface area contributed by atoms with Gasteiger partial charge in [-0.1, -0.05) is 30.3 Å². The molecular formula is C26H19FIN3O3. The van der Waals surface area contributed by atoms with Crippen LogP contribution in [0.15, 0.2) is 66.2 Å². The van der Waals surface area contributed by atoms with E-state index in [0.29, 0.717) is 32.8 Å². The molecule has 170 valence electrons. The largest absolute Gasteiger partial charge is 0.490 e. The van der Waals surface area contributed by atoms with Crippen LogP contribution < -0.4 is 14.8 Å². The highest BCUT2D eigenvalue weighted by Crippen LogP contribution is 2.35. The Balaban J connectivity index is 1.88. The summed E-state index contributed by atoms with van der Waals surface area (Å²) in [4.78, 5) is 12.5. The Hall–Kier alpha value is -3.89. The third-order valence-electron chi connectivity index (χ3n) is 4.64. The number of nitrogens with one attached hydrogen (secondary N) is 1. The van der Waals surface area contributed by atoms with Crippen molar-refractivity contribution < 1.29 is 18.7 Å². The molecule has 0 radical (unpaired) electrons. The molecule has 0 saturated heterocycles. The first-order valence-corrected chi connectivity index (χ1v) is 11.3. The third-order valence-corrected chi connectivity index (χ3v) is 5.44. The molecule has 8 heteroatoms. The summed E-state index contributed by atoms with van der Waals surface area (Å²) in [6.45, 7) is 2.36. The van der Waals surface area contributed by atoms with E-state index in [1.165, 1.54) is 24.3 Å². The lowest BCUT2D eigenvalue weighted by Gasteiger charge is -2.15. The smallest absolute Gasteiger partial charge is 0.266 e. The number of carbonyl (C=O) groups excluding carboxylic acids is 1. The van der Waals surface area contributed by atoms with Gasteiger partial charge in [-0.2, -0.15) is 10.5 Å². The van der Waals surface area contributed by atoms with E-state index in [1.807, 2.05) is 25.1 Å². The molecule has 0 aliphatic heterocycles. The predicted molar refractivity (Wildman–Crippen MR) is 134 cm³/mol.